The third kappa shape index (κ3) is 5.43. The lowest BCUT2D eigenvalue weighted by molar-refractivity contribution is -0.114. The van der Waals surface area contributed by atoms with Gasteiger partial charge in [-0.25, -0.2) is 0 Å². The molecule has 0 aliphatic heterocycles. The molecule has 7 heavy (non-hydrogen) atoms. The van der Waals surface area contributed by atoms with Crippen molar-refractivity contribution in [3.63, 3.8) is 0 Å². The molecule has 0 rings (SSSR count). The number of nitrogens with two attached hydrogens (primary N) is 1. The Morgan fingerprint density at radius 2 is 1.86 bits per heavy atom. The van der Waals surface area contributed by atoms with Crippen LogP contribution < -0.4 is 5.73 Å². The Bertz CT molecular complexity index is 77.7. The largest absolute Gasteiger partial charge is 0.366 e. The Hall–Kier alpha value is -0.573. The summed E-state index contributed by atoms with van der Waals surface area (Å²) >= 11 is 0. The van der Waals surface area contributed by atoms with E-state index in [9.17, 15) is 4.79 Å². The summed E-state index contributed by atoms with van der Waals surface area (Å²) in [5, 5.41) is 0. The number of amides is 1. The molecule has 0 heterocycles. The van der Waals surface area contributed by atoms with Crippen molar-refractivity contribution in [3.8, 4) is 0 Å². The molecule has 3 heteroatoms. The number of carbonyl (C=O) groups excluding carboxylic acids is 1. The maximum atomic E-state index is 9.82. The third-order valence-electron chi connectivity index (χ3n) is 0.421. The van der Waals surface area contributed by atoms with Crippen molar-refractivity contribution in [2.45, 2.75) is 6.92 Å². The summed E-state index contributed by atoms with van der Waals surface area (Å²) in [5.41, 5.74) is 5.09. The molecule has 0 aromatic heterocycles. The van der Waals surface area contributed by atoms with Gasteiger partial charge in [-0.1, -0.05) is 6.58 Å². The zero-order chi connectivity index (χ0) is 5.15. The number of hydrogen-bond donors (Lipinski definition) is 1. The van der Waals surface area contributed by atoms with Crippen LogP contribution in [-0.4, -0.2) is 16.9 Å². The number of rotatable bonds is 1. The van der Waals surface area contributed by atoms with E-state index < -0.39 is 5.91 Å². The highest BCUT2D eigenvalue weighted by atomic mass is 28.1. The van der Waals surface area contributed by atoms with Gasteiger partial charge in [0.1, 0.15) is 0 Å². The molecule has 0 atom stereocenters. The molecular formula is C4H11NOSi. The Kier molecular flexibility index (Phi) is 4.98. The topological polar surface area (TPSA) is 43.1 Å². The smallest absolute Gasteiger partial charge is 0.243 e. The van der Waals surface area contributed by atoms with Gasteiger partial charge < -0.3 is 5.73 Å². The lowest BCUT2D eigenvalue weighted by Gasteiger charge is -1.81. The third-order valence-corrected chi connectivity index (χ3v) is 0.421. The van der Waals surface area contributed by atoms with Crippen molar-refractivity contribution in [3.05, 3.63) is 12.2 Å². The second kappa shape index (κ2) is 3.61. The molecule has 0 saturated heterocycles. The Balaban J connectivity index is 0. The first kappa shape index (κ1) is 9.66. The van der Waals surface area contributed by atoms with Gasteiger partial charge in [0, 0.05) is 5.57 Å². The van der Waals surface area contributed by atoms with Gasteiger partial charge in [0.25, 0.3) is 0 Å². The van der Waals surface area contributed by atoms with Crippen LogP contribution in [0.3, 0.4) is 0 Å². The molecule has 0 fully saturated rings. The summed E-state index contributed by atoms with van der Waals surface area (Å²) in [5.74, 6) is -0.435. The van der Waals surface area contributed by atoms with Crippen molar-refractivity contribution in [1.29, 1.82) is 0 Å². The number of hydrogen-bond acceptors (Lipinski definition) is 1. The molecule has 0 aromatic rings. The molecule has 0 unspecified atom stereocenters. The second-order valence-corrected chi connectivity index (χ2v) is 1.14. The van der Waals surface area contributed by atoms with Gasteiger partial charge in [0.05, 0.1) is 0 Å². The molecule has 0 bridgehead atoms. The molecule has 0 spiro atoms. The predicted molar refractivity (Wildman–Crippen MR) is 35.3 cm³/mol. The molecule has 42 valence electrons. The van der Waals surface area contributed by atoms with Gasteiger partial charge in [-0.05, 0) is 17.9 Å². The van der Waals surface area contributed by atoms with Gasteiger partial charge in [-0.3, -0.25) is 4.79 Å². The van der Waals surface area contributed by atoms with Crippen molar-refractivity contribution < 1.29 is 4.79 Å². The van der Waals surface area contributed by atoms with Gasteiger partial charge >= 0.3 is 0 Å². The summed E-state index contributed by atoms with van der Waals surface area (Å²) in [6.45, 7) is 4.85. The minimum atomic E-state index is -0.435. The molecule has 0 radical (unpaired) electrons. The lowest BCUT2D eigenvalue weighted by atomic mass is 10.3. The summed E-state index contributed by atoms with van der Waals surface area (Å²) < 4.78 is 0. The maximum Gasteiger partial charge on any atom is 0.243 e. The normalized spacial score (nSPS) is 6.43. The highest BCUT2D eigenvalue weighted by Gasteiger charge is 1.86. The number of primary amides is 1. The average Bonchev–Trinajstić information content (AvgIpc) is 1.36. The summed E-state index contributed by atoms with van der Waals surface area (Å²) in [6, 6.07) is 0. The maximum absolute atomic E-state index is 9.82. The van der Waals surface area contributed by atoms with Crippen LogP contribution in [0.25, 0.3) is 0 Å². The first-order valence-electron chi connectivity index (χ1n) is 1.60. The van der Waals surface area contributed by atoms with Gasteiger partial charge in [-0.2, -0.15) is 0 Å². The number of carbonyl (C=O) groups is 1. The summed E-state index contributed by atoms with van der Waals surface area (Å²) in [4.78, 5) is 9.82. The molecule has 2 nitrogen and oxygen atoms in total. The predicted octanol–water partition coefficient (Wildman–Crippen LogP) is -1.40. The fraction of sp³-hybridized carbons (Fsp3) is 0.250. The first-order chi connectivity index (χ1) is 2.64. The average molecular weight is 117 g/mol. The molecule has 0 aromatic carbocycles. The van der Waals surface area contributed by atoms with Crippen LogP contribution in [0.1, 0.15) is 6.92 Å². The Morgan fingerprint density at radius 1 is 1.71 bits per heavy atom. The van der Waals surface area contributed by atoms with Crippen LogP contribution in [0.15, 0.2) is 12.2 Å². The quantitative estimate of drug-likeness (QED) is 0.333. The van der Waals surface area contributed by atoms with Gasteiger partial charge in [0.15, 0.2) is 0 Å². The zero-order valence-electron chi connectivity index (χ0n) is 3.69. The Labute approximate surface area is 47.4 Å². The van der Waals surface area contributed by atoms with Crippen molar-refractivity contribution in [1.82, 2.24) is 0 Å². The first-order valence-corrected chi connectivity index (χ1v) is 1.60. The van der Waals surface area contributed by atoms with Gasteiger partial charge in [0.2, 0.25) is 5.91 Å². The van der Waals surface area contributed by atoms with Crippen molar-refractivity contribution in [2.24, 2.45) is 5.73 Å². The molecular weight excluding hydrogens is 106 g/mol. The highest BCUT2D eigenvalue weighted by molar-refractivity contribution is 5.90. The highest BCUT2D eigenvalue weighted by Crippen LogP contribution is 1.78. The van der Waals surface area contributed by atoms with E-state index in [-0.39, 0.29) is 11.0 Å². The molecule has 0 aliphatic carbocycles. The van der Waals surface area contributed by atoms with Crippen LogP contribution in [0.5, 0.6) is 0 Å². The van der Waals surface area contributed by atoms with Crippen LogP contribution in [0.4, 0.5) is 0 Å². The van der Waals surface area contributed by atoms with Crippen LogP contribution in [0, 0.1) is 0 Å². The van der Waals surface area contributed by atoms with E-state index in [1.807, 2.05) is 0 Å². The monoisotopic (exact) mass is 117 g/mol. The van der Waals surface area contributed by atoms with Crippen molar-refractivity contribution in [2.75, 3.05) is 0 Å². The van der Waals surface area contributed by atoms with Crippen LogP contribution in [-0.2, 0) is 4.79 Å². The zero-order valence-corrected chi connectivity index (χ0v) is 3.69. The molecule has 2 N–H and O–H groups in total. The SMILES string of the molecule is C=C(C)C(N)=O.[SiH4]. The van der Waals surface area contributed by atoms with E-state index in [0.717, 1.165) is 0 Å². The van der Waals surface area contributed by atoms with E-state index in [2.05, 4.69) is 6.58 Å². The van der Waals surface area contributed by atoms with E-state index in [4.69, 9.17) is 5.73 Å². The van der Waals surface area contributed by atoms with Crippen LogP contribution in [0.2, 0.25) is 0 Å². The summed E-state index contributed by atoms with van der Waals surface area (Å²) in [7, 11) is 0. The fourth-order valence-corrected chi connectivity index (χ4v) is 0. The van der Waals surface area contributed by atoms with Gasteiger partial charge in [-0.15, -0.1) is 0 Å². The molecule has 0 aliphatic rings. The summed E-state index contributed by atoms with van der Waals surface area (Å²) in [6.07, 6.45) is 0. The van der Waals surface area contributed by atoms with E-state index in [1.165, 1.54) is 0 Å². The minimum absolute atomic E-state index is 0. The van der Waals surface area contributed by atoms with E-state index >= 15 is 0 Å². The molecule has 1 amide bonds. The van der Waals surface area contributed by atoms with E-state index in [0.29, 0.717) is 5.57 Å². The van der Waals surface area contributed by atoms with Crippen LogP contribution >= 0.6 is 0 Å². The molecule has 0 saturated carbocycles. The minimum Gasteiger partial charge on any atom is -0.366 e. The van der Waals surface area contributed by atoms with Crippen molar-refractivity contribution >= 4 is 16.9 Å². The van der Waals surface area contributed by atoms with E-state index in [1.54, 1.807) is 6.92 Å². The lowest BCUT2D eigenvalue weighted by Crippen LogP contribution is -2.10. The Morgan fingerprint density at radius 3 is 1.86 bits per heavy atom. The standard InChI is InChI=1S/C4H7NO.H4Si/c1-3(2)4(5)6;/h1H2,2H3,(H2,5,6);1H4. The second-order valence-electron chi connectivity index (χ2n) is 1.14. The fourth-order valence-electron chi connectivity index (χ4n) is 0.